The third-order valence-electron chi connectivity index (χ3n) is 3.57. The van der Waals surface area contributed by atoms with Gasteiger partial charge in [-0.25, -0.2) is 4.68 Å². The van der Waals surface area contributed by atoms with Gasteiger partial charge in [-0.15, -0.1) is 0 Å². The van der Waals surface area contributed by atoms with Crippen molar-refractivity contribution in [1.29, 1.82) is 0 Å². The van der Waals surface area contributed by atoms with Crippen LogP contribution < -0.4 is 11.3 Å². The van der Waals surface area contributed by atoms with E-state index >= 15 is 0 Å². The summed E-state index contributed by atoms with van der Waals surface area (Å²) < 4.78 is 3.75. The molecule has 2 rings (SSSR count). The molecule has 0 unspecified atom stereocenters. The lowest BCUT2D eigenvalue weighted by atomic mass is 10.1. The van der Waals surface area contributed by atoms with Gasteiger partial charge in [0.05, 0.1) is 12.2 Å². The lowest BCUT2D eigenvalue weighted by Crippen LogP contribution is -2.24. The van der Waals surface area contributed by atoms with Crippen LogP contribution in [-0.2, 0) is 13.1 Å². The fourth-order valence-corrected chi connectivity index (χ4v) is 2.72. The van der Waals surface area contributed by atoms with Crippen LogP contribution in [0.3, 0.4) is 0 Å². The number of benzene rings is 1. The van der Waals surface area contributed by atoms with Gasteiger partial charge in [-0.3, -0.25) is 9.48 Å². The van der Waals surface area contributed by atoms with Crippen molar-refractivity contribution in [1.82, 2.24) is 9.36 Å². The van der Waals surface area contributed by atoms with Crippen LogP contribution in [0.15, 0.2) is 29.1 Å². The molecule has 2 aromatic rings. The highest BCUT2D eigenvalue weighted by Gasteiger charge is 2.19. The van der Waals surface area contributed by atoms with E-state index in [9.17, 15) is 4.79 Å². The third-order valence-corrected chi connectivity index (χ3v) is 3.57. The van der Waals surface area contributed by atoms with Crippen LogP contribution in [0, 0.1) is 6.92 Å². The van der Waals surface area contributed by atoms with Crippen molar-refractivity contribution in [2.24, 2.45) is 0 Å². The van der Waals surface area contributed by atoms with Crippen molar-refractivity contribution in [2.75, 3.05) is 5.73 Å². The van der Waals surface area contributed by atoms with Crippen molar-refractivity contribution in [3.8, 4) is 0 Å². The molecule has 1 aromatic heterocycles. The van der Waals surface area contributed by atoms with Gasteiger partial charge in [0.15, 0.2) is 0 Å². The molecular weight excluding hydrogens is 250 g/mol. The Bertz CT molecular complexity index is 665. The predicted molar refractivity (Wildman–Crippen MR) is 83.1 cm³/mol. The normalized spacial score (nSPS) is 11.2. The summed E-state index contributed by atoms with van der Waals surface area (Å²) in [5.41, 5.74) is 9.56. The van der Waals surface area contributed by atoms with Crippen molar-refractivity contribution >= 4 is 5.69 Å². The van der Waals surface area contributed by atoms with Gasteiger partial charge >= 0.3 is 0 Å². The highest BCUT2D eigenvalue weighted by molar-refractivity contribution is 5.43. The Kier molecular flexibility index (Phi) is 4.02. The quantitative estimate of drug-likeness (QED) is 0.931. The highest BCUT2D eigenvalue weighted by atomic mass is 16.1. The first kappa shape index (κ1) is 14.4. The molecule has 1 heterocycles. The van der Waals surface area contributed by atoms with Crippen molar-refractivity contribution < 1.29 is 0 Å². The van der Waals surface area contributed by atoms with E-state index in [1.165, 1.54) is 5.56 Å². The van der Waals surface area contributed by atoms with E-state index in [4.69, 9.17) is 5.73 Å². The zero-order valence-electron chi connectivity index (χ0n) is 12.7. The first-order valence-electron chi connectivity index (χ1n) is 7.10. The van der Waals surface area contributed by atoms with E-state index < -0.39 is 0 Å². The summed E-state index contributed by atoms with van der Waals surface area (Å²) in [6, 6.07) is 8.21. The van der Waals surface area contributed by atoms with Crippen LogP contribution in [-0.4, -0.2) is 9.36 Å². The maximum atomic E-state index is 12.4. The fourth-order valence-electron chi connectivity index (χ4n) is 2.72. The number of aromatic nitrogens is 2. The van der Waals surface area contributed by atoms with E-state index in [0.29, 0.717) is 12.2 Å². The molecule has 0 aliphatic carbocycles. The van der Waals surface area contributed by atoms with Crippen molar-refractivity contribution in [3.63, 3.8) is 0 Å². The monoisotopic (exact) mass is 273 g/mol. The van der Waals surface area contributed by atoms with E-state index in [1.807, 2.05) is 23.7 Å². The Hall–Kier alpha value is -1.97. The maximum absolute atomic E-state index is 12.4. The number of hydrogen-bond donors (Lipinski definition) is 1. The summed E-state index contributed by atoms with van der Waals surface area (Å²) in [4.78, 5) is 12.4. The van der Waals surface area contributed by atoms with E-state index in [1.54, 1.807) is 4.68 Å². The number of nitrogen functional groups attached to an aromatic ring is 1. The van der Waals surface area contributed by atoms with Gasteiger partial charge in [-0.2, -0.15) is 0 Å². The number of hydrogen-bond acceptors (Lipinski definition) is 2. The van der Waals surface area contributed by atoms with Gasteiger partial charge < -0.3 is 5.73 Å². The molecule has 0 saturated heterocycles. The van der Waals surface area contributed by atoms with Gasteiger partial charge in [0.2, 0.25) is 0 Å². The standard InChI is InChI=1S/C16H23N3O/c1-5-18-15(11(2)3)14(17)16(20)19(18)10-13-8-6-7-12(4)9-13/h6-9,11H,5,10,17H2,1-4H3. The van der Waals surface area contributed by atoms with Crippen LogP contribution in [0.1, 0.15) is 43.5 Å². The molecular formula is C16H23N3O. The molecule has 4 heteroatoms. The molecule has 0 radical (unpaired) electrons. The minimum Gasteiger partial charge on any atom is -0.393 e. The van der Waals surface area contributed by atoms with E-state index in [-0.39, 0.29) is 11.5 Å². The van der Waals surface area contributed by atoms with Gasteiger partial charge in [0, 0.05) is 6.54 Å². The van der Waals surface area contributed by atoms with Crippen LogP contribution in [0.25, 0.3) is 0 Å². The van der Waals surface area contributed by atoms with E-state index in [2.05, 4.69) is 32.9 Å². The summed E-state index contributed by atoms with van der Waals surface area (Å²) in [6.45, 7) is 9.52. The first-order valence-corrected chi connectivity index (χ1v) is 7.10. The SMILES string of the molecule is CCn1c(C(C)C)c(N)c(=O)n1Cc1cccc(C)c1. The molecule has 2 N–H and O–H groups in total. The van der Waals surface area contributed by atoms with Gasteiger partial charge in [0.25, 0.3) is 5.56 Å². The molecule has 0 aliphatic heterocycles. The zero-order chi connectivity index (χ0) is 14.9. The van der Waals surface area contributed by atoms with Crippen LogP contribution >= 0.6 is 0 Å². The Morgan fingerprint density at radius 1 is 1.25 bits per heavy atom. The molecule has 0 atom stereocenters. The van der Waals surface area contributed by atoms with Gasteiger partial charge in [-0.05, 0) is 25.3 Å². The highest BCUT2D eigenvalue weighted by Crippen LogP contribution is 2.20. The molecule has 4 nitrogen and oxygen atoms in total. The van der Waals surface area contributed by atoms with Crippen molar-refractivity contribution in [3.05, 3.63) is 51.4 Å². The summed E-state index contributed by atoms with van der Waals surface area (Å²) in [5, 5.41) is 0. The molecule has 0 fully saturated rings. The number of nitrogens with two attached hydrogens (primary N) is 1. The smallest absolute Gasteiger partial charge is 0.290 e. The summed E-state index contributed by atoms with van der Waals surface area (Å²) >= 11 is 0. The lowest BCUT2D eigenvalue weighted by Gasteiger charge is -2.15. The topological polar surface area (TPSA) is 52.9 Å². The van der Waals surface area contributed by atoms with Crippen LogP contribution in [0.4, 0.5) is 5.69 Å². The van der Waals surface area contributed by atoms with Crippen LogP contribution in [0.2, 0.25) is 0 Å². The Morgan fingerprint density at radius 2 is 1.95 bits per heavy atom. The minimum absolute atomic E-state index is 0.0861. The molecule has 0 bridgehead atoms. The summed E-state index contributed by atoms with van der Waals surface area (Å²) in [7, 11) is 0. The second-order valence-corrected chi connectivity index (χ2v) is 5.52. The number of nitrogens with zero attached hydrogens (tertiary/aromatic N) is 2. The van der Waals surface area contributed by atoms with E-state index in [0.717, 1.165) is 17.8 Å². The summed E-state index contributed by atoms with van der Waals surface area (Å²) in [5.74, 6) is 0.237. The average Bonchev–Trinajstić information content (AvgIpc) is 2.63. The largest absolute Gasteiger partial charge is 0.393 e. The summed E-state index contributed by atoms with van der Waals surface area (Å²) in [6.07, 6.45) is 0. The number of aryl methyl sites for hydroxylation is 1. The Labute approximate surface area is 119 Å². The second-order valence-electron chi connectivity index (χ2n) is 5.52. The third kappa shape index (κ3) is 2.50. The predicted octanol–water partition coefficient (Wildman–Crippen LogP) is 2.73. The Balaban J connectivity index is 2.52. The van der Waals surface area contributed by atoms with Gasteiger partial charge in [-0.1, -0.05) is 43.7 Å². The maximum Gasteiger partial charge on any atom is 0.290 e. The average molecular weight is 273 g/mol. The molecule has 20 heavy (non-hydrogen) atoms. The fraction of sp³-hybridized carbons (Fsp3) is 0.438. The molecule has 1 aromatic carbocycles. The number of rotatable bonds is 4. The number of anilines is 1. The van der Waals surface area contributed by atoms with Gasteiger partial charge in [0.1, 0.15) is 5.69 Å². The molecule has 0 aliphatic rings. The molecule has 0 amide bonds. The first-order chi connectivity index (χ1) is 9.45. The van der Waals surface area contributed by atoms with Crippen LogP contribution in [0.5, 0.6) is 0 Å². The molecule has 0 spiro atoms. The Morgan fingerprint density at radius 3 is 2.50 bits per heavy atom. The molecule has 0 saturated carbocycles. The van der Waals surface area contributed by atoms with Crippen molar-refractivity contribution in [2.45, 2.75) is 46.7 Å². The lowest BCUT2D eigenvalue weighted by molar-refractivity contribution is 0.464. The second kappa shape index (κ2) is 5.57. The molecule has 108 valence electrons. The minimum atomic E-state index is -0.0861. The zero-order valence-corrected chi connectivity index (χ0v) is 12.7.